The van der Waals surface area contributed by atoms with Crippen LogP contribution in [0.4, 0.5) is 0 Å². The zero-order valence-corrected chi connectivity index (χ0v) is 16.1. The average Bonchev–Trinajstić information content (AvgIpc) is 2.67. The largest absolute Gasteiger partial charge is 0.479 e. The molecule has 0 spiro atoms. The lowest BCUT2D eigenvalue weighted by atomic mass is 9.80. The third-order valence-corrected chi connectivity index (χ3v) is 5.26. The van der Waals surface area contributed by atoms with Gasteiger partial charge in [0.1, 0.15) is 24.1 Å². The van der Waals surface area contributed by atoms with E-state index in [1.165, 1.54) is 0 Å². The van der Waals surface area contributed by atoms with Gasteiger partial charge in [-0.3, -0.25) is 0 Å². The monoisotopic (exact) mass is 399 g/mol. The van der Waals surface area contributed by atoms with Crippen molar-refractivity contribution in [2.24, 2.45) is 5.92 Å². The molecule has 7 atom stereocenters. The van der Waals surface area contributed by atoms with Gasteiger partial charge in [-0.2, -0.15) is 0 Å². The van der Waals surface area contributed by atoms with Crippen LogP contribution in [0.1, 0.15) is 25.8 Å². The van der Waals surface area contributed by atoms with Crippen molar-refractivity contribution in [3.05, 3.63) is 29.8 Å². The standard InChI is InChI=1S/C19H29NO8/c1-4-19(26,10(2)9-20-3)11-6-5-7-12(8-11)27-18-15(23)13(21)14(22)16(28-18)17(24)25/h5-8,10,13-16,18,20-23,26H,4,9H2,1-3H3,(H,24,25)/t10?,13-,14-,15+,16-,18+,19?/m0/s1. The van der Waals surface area contributed by atoms with E-state index < -0.39 is 42.3 Å². The van der Waals surface area contributed by atoms with Crippen molar-refractivity contribution in [2.75, 3.05) is 13.6 Å². The van der Waals surface area contributed by atoms with Gasteiger partial charge in [0.2, 0.25) is 6.29 Å². The average molecular weight is 399 g/mol. The Morgan fingerprint density at radius 1 is 1.29 bits per heavy atom. The summed E-state index contributed by atoms with van der Waals surface area (Å²) in [4.78, 5) is 11.2. The Hall–Kier alpha value is -1.75. The third-order valence-electron chi connectivity index (χ3n) is 5.26. The number of carboxylic acids is 1. The Kier molecular flexibility index (Phi) is 7.38. The van der Waals surface area contributed by atoms with Gasteiger partial charge in [0.25, 0.3) is 0 Å². The molecule has 6 N–H and O–H groups in total. The van der Waals surface area contributed by atoms with Gasteiger partial charge in [-0.25, -0.2) is 4.79 Å². The molecule has 1 saturated heterocycles. The van der Waals surface area contributed by atoms with E-state index in [0.29, 0.717) is 18.5 Å². The molecule has 0 aliphatic carbocycles. The summed E-state index contributed by atoms with van der Waals surface area (Å²) in [7, 11) is 1.80. The molecule has 28 heavy (non-hydrogen) atoms. The Balaban J connectivity index is 2.25. The minimum atomic E-state index is -1.79. The first-order valence-electron chi connectivity index (χ1n) is 9.22. The molecule has 1 aromatic carbocycles. The van der Waals surface area contributed by atoms with Crippen molar-refractivity contribution in [3.8, 4) is 5.75 Å². The number of aliphatic hydroxyl groups is 4. The number of carbonyl (C=O) groups is 1. The van der Waals surface area contributed by atoms with Crippen LogP contribution in [-0.4, -0.2) is 75.8 Å². The van der Waals surface area contributed by atoms with Crippen molar-refractivity contribution < 1.29 is 39.8 Å². The number of hydrogen-bond donors (Lipinski definition) is 6. The second kappa shape index (κ2) is 9.17. The smallest absolute Gasteiger partial charge is 0.335 e. The highest BCUT2D eigenvalue weighted by Gasteiger charge is 2.48. The highest BCUT2D eigenvalue weighted by Crippen LogP contribution is 2.35. The summed E-state index contributed by atoms with van der Waals surface area (Å²) < 4.78 is 10.7. The van der Waals surface area contributed by atoms with Gasteiger partial charge in [-0.05, 0) is 31.2 Å². The van der Waals surface area contributed by atoms with Crippen molar-refractivity contribution in [2.45, 2.75) is 56.6 Å². The normalized spacial score (nSPS) is 31.0. The van der Waals surface area contributed by atoms with Crippen molar-refractivity contribution in [1.82, 2.24) is 5.32 Å². The van der Waals surface area contributed by atoms with Crippen LogP contribution < -0.4 is 10.1 Å². The third kappa shape index (κ3) is 4.45. The van der Waals surface area contributed by atoms with Gasteiger partial charge in [-0.1, -0.05) is 26.0 Å². The highest BCUT2D eigenvalue weighted by atomic mass is 16.7. The van der Waals surface area contributed by atoms with Gasteiger partial charge in [0.05, 0.1) is 5.60 Å². The Morgan fingerprint density at radius 3 is 2.54 bits per heavy atom. The topological polar surface area (TPSA) is 149 Å². The van der Waals surface area contributed by atoms with Crippen LogP contribution in [0, 0.1) is 5.92 Å². The SMILES string of the molecule is CCC(O)(c1cccc(O[C@@H]2O[C@H](C(=O)O)[C@@H](O)[C@H](O)[C@H]2O)c1)C(C)CNC. The maximum absolute atomic E-state index is 11.2. The molecule has 2 unspecified atom stereocenters. The molecular weight excluding hydrogens is 370 g/mol. The molecule has 9 heteroatoms. The lowest BCUT2D eigenvalue weighted by molar-refractivity contribution is -0.271. The summed E-state index contributed by atoms with van der Waals surface area (Å²) in [5, 5.41) is 53.0. The molecule has 0 radical (unpaired) electrons. The van der Waals surface area contributed by atoms with Crippen molar-refractivity contribution in [3.63, 3.8) is 0 Å². The number of nitrogens with one attached hydrogen (secondary N) is 1. The molecule has 1 aliphatic rings. The van der Waals surface area contributed by atoms with E-state index in [2.05, 4.69) is 5.32 Å². The van der Waals surface area contributed by atoms with Gasteiger partial charge in [0, 0.05) is 12.5 Å². The summed E-state index contributed by atoms with van der Waals surface area (Å²) in [6, 6.07) is 6.55. The number of benzene rings is 1. The minimum Gasteiger partial charge on any atom is -0.479 e. The van der Waals surface area contributed by atoms with Gasteiger partial charge >= 0.3 is 5.97 Å². The minimum absolute atomic E-state index is 0.109. The van der Waals surface area contributed by atoms with E-state index >= 15 is 0 Å². The van der Waals surface area contributed by atoms with Crippen LogP contribution in [0.3, 0.4) is 0 Å². The first-order valence-corrected chi connectivity index (χ1v) is 9.22. The predicted octanol–water partition coefficient (Wildman–Crippen LogP) is -0.589. The fourth-order valence-electron chi connectivity index (χ4n) is 3.43. The molecule has 0 bridgehead atoms. The zero-order chi connectivity index (χ0) is 21.1. The van der Waals surface area contributed by atoms with E-state index in [-0.39, 0.29) is 11.7 Å². The van der Waals surface area contributed by atoms with Crippen molar-refractivity contribution in [1.29, 1.82) is 0 Å². The summed E-state index contributed by atoms with van der Waals surface area (Å²) in [5.74, 6) is -1.37. The van der Waals surface area contributed by atoms with E-state index in [9.17, 15) is 25.2 Å². The lowest BCUT2D eigenvalue weighted by Crippen LogP contribution is -2.61. The number of aliphatic hydroxyl groups excluding tert-OH is 3. The molecule has 0 saturated carbocycles. The predicted molar refractivity (Wildman–Crippen MR) is 98.7 cm³/mol. The molecule has 1 heterocycles. The number of hydrogen-bond acceptors (Lipinski definition) is 8. The number of rotatable bonds is 8. The van der Waals surface area contributed by atoms with Crippen LogP contribution >= 0.6 is 0 Å². The molecule has 1 aliphatic heterocycles. The number of carboxylic acid groups (broad SMARTS) is 1. The van der Waals surface area contributed by atoms with Crippen LogP contribution in [0.25, 0.3) is 0 Å². The van der Waals surface area contributed by atoms with E-state index in [1.807, 2.05) is 13.8 Å². The lowest BCUT2D eigenvalue weighted by Gasteiger charge is -2.38. The first-order chi connectivity index (χ1) is 13.2. The van der Waals surface area contributed by atoms with E-state index in [1.54, 1.807) is 31.3 Å². The fourth-order valence-corrected chi connectivity index (χ4v) is 3.43. The molecule has 0 aromatic heterocycles. The summed E-state index contributed by atoms with van der Waals surface area (Å²) in [6.07, 6.45) is -7.97. The molecular formula is C19H29NO8. The molecule has 2 rings (SSSR count). The molecule has 1 aromatic rings. The Labute approximate surface area is 163 Å². The Bertz CT molecular complexity index is 671. The van der Waals surface area contributed by atoms with E-state index in [0.717, 1.165) is 0 Å². The fraction of sp³-hybridized carbons (Fsp3) is 0.632. The van der Waals surface area contributed by atoms with Gasteiger partial charge < -0.3 is 40.3 Å². The maximum atomic E-state index is 11.2. The zero-order valence-electron chi connectivity index (χ0n) is 16.1. The first kappa shape index (κ1) is 22.5. The highest BCUT2D eigenvalue weighted by molar-refractivity contribution is 5.73. The van der Waals surface area contributed by atoms with Crippen LogP contribution in [0.5, 0.6) is 5.75 Å². The quantitative estimate of drug-likeness (QED) is 0.337. The summed E-state index contributed by atoms with van der Waals surface area (Å²) in [6.45, 7) is 4.36. The van der Waals surface area contributed by atoms with E-state index in [4.69, 9.17) is 14.6 Å². The van der Waals surface area contributed by atoms with Crippen LogP contribution in [0.2, 0.25) is 0 Å². The number of ether oxygens (including phenoxy) is 2. The van der Waals surface area contributed by atoms with Gasteiger partial charge in [-0.15, -0.1) is 0 Å². The summed E-state index contributed by atoms with van der Waals surface area (Å²) >= 11 is 0. The second-order valence-corrected chi connectivity index (χ2v) is 7.12. The Morgan fingerprint density at radius 2 is 1.96 bits per heavy atom. The summed E-state index contributed by atoms with van der Waals surface area (Å²) in [5.41, 5.74) is -0.538. The molecule has 1 fully saturated rings. The molecule has 158 valence electrons. The van der Waals surface area contributed by atoms with Crippen LogP contribution in [-0.2, 0) is 15.1 Å². The maximum Gasteiger partial charge on any atom is 0.335 e. The molecule has 9 nitrogen and oxygen atoms in total. The van der Waals surface area contributed by atoms with Crippen molar-refractivity contribution >= 4 is 5.97 Å². The molecule has 0 amide bonds. The van der Waals surface area contributed by atoms with Crippen LogP contribution in [0.15, 0.2) is 24.3 Å². The second-order valence-electron chi connectivity index (χ2n) is 7.12. The van der Waals surface area contributed by atoms with Gasteiger partial charge in [0.15, 0.2) is 6.10 Å². The number of aliphatic carboxylic acids is 1.